The van der Waals surface area contributed by atoms with E-state index in [2.05, 4.69) is 26.2 Å². The lowest BCUT2D eigenvalue weighted by atomic mass is 9.61. The van der Waals surface area contributed by atoms with E-state index in [0.717, 1.165) is 0 Å². The standard InChI is InChI=1S/C13H25NO/c1-4-13(2)11(14-3)9-12(13)15-10-7-5-6-8-10/h10-12,14H,4-9H2,1-3H3. The van der Waals surface area contributed by atoms with Gasteiger partial charge in [-0.2, -0.15) is 0 Å². The van der Waals surface area contributed by atoms with Crippen LogP contribution in [0.25, 0.3) is 0 Å². The number of rotatable bonds is 4. The smallest absolute Gasteiger partial charge is 0.0662 e. The zero-order valence-electron chi connectivity index (χ0n) is 10.4. The largest absolute Gasteiger partial charge is 0.374 e. The average Bonchev–Trinajstić information content (AvgIpc) is 2.75. The van der Waals surface area contributed by atoms with Crippen molar-refractivity contribution < 1.29 is 4.74 Å². The molecule has 2 fully saturated rings. The van der Waals surface area contributed by atoms with Gasteiger partial charge in [0.1, 0.15) is 0 Å². The summed E-state index contributed by atoms with van der Waals surface area (Å²) in [5.74, 6) is 0. The Morgan fingerprint density at radius 2 is 2.00 bits per heavy atom. The Morgan fingerprint density at radius 1 is 1.33 bits per heavy atom. The van der Waals surface area contributed by atoms with Crippen molar-refractivity contribution in [1.29, 1.82) is 0 Å². The molecule has 2 nitrogen and oxygen atoms in total. The van der Waals surface area contributed by atoms with Gasteiger partial charge in [-0.1, -0.05) is 26.7 Å². The van der Waals surface area contributed by atoms with E-state index in [0.29, 0.717) is 23.7 Å². The maximum absolute atomic E-state index is 6.25. The van der Waals surface area contributed by atoms with Gasteiger partial charge >= 0.3 is 0 Å². The van der Waals surface area contributed by atoms with Crippen LogP contribution in [0.15, 0.2) is 0 Å². The van der Waals surface area contributed by atoms with Crippen LogP contribution in [0.4, 0.5) is 0 Å². The molecular formula is C13H25NO. The second kappa shape index (κ2) is 4.42. The fourth-order valence-corrected chi connectivity index (χ4v) is 3.21. The first-order valence-electron chi connectivity index (χ1n) is 6.53. The van der Waals surface area contributed by atoms with Crippen molar-refractivity contribution in [2.24, 2.45) is 5.41 Å². The summed E-state index contributed by atoms with van der Waals surface area (Å²) in [6, 6.07) is 0.661. The maximum atomic E-state index is 6.25. The van der Waals surface area contributed by atoms with E-state index in [4.69, 9.17) is 4.74 Å². The summed E-state index contributed by atoms with van der Waals surface area (Å²) >= 11 is 0. The molecule has 0 aromatic heterocycles. The number of nitrogens with one attached hydrogen (secondary N) is 1. The molecule has 0 saturated heterocycles. The van der Waals surface area contributed by atoms with E-state index in [9.17, 15) is 0 Å². The summed E-state index contributed by atoms with van der Waals surface area (Å²) in [4.78, 5) is 0. The zero-order valence-corrected chi connectivity index (χ0v) is 10.4. The molecule has 3 atom stereocenters. The van der Waals surface area contributed by atoms with Crippen LogP contribution < -0.4 is 5.32 Å². The van der Waals surface area contributed by atoms with E-state index in [1.54, 1.807) is 0 Å². The van der Waals surface area contributed by atoms with Crippen molar-refractivity contribution >= 4 is 0 Å². The molecule has 3 unspecified atom stereocenters. The third kappa shape index (κ3) is 1.94. The molecule has 2 rings (SSSR count). The predicted octanol–water partition coefficient (Wildman–Crippen LogP) is 2.72. The molecule has 88 valence electrons. The highest BCUT2D eigenvalue weighted by molar-refractivity contribution is 5.04. The van der Waals surface area contributed by atoms with Gasteiger partial charge in [0.15, 0.2) is 0 Å². The third-order valence-electron chi connectivity index (χ3n) is 4.75. The van der Waals surface area contributed by atoms with Crippen molar-refractivity contribution in [2.75, 3.05) is 7.05 Å². The summed E-state index contributed by atoms with van der Waals surface area (Å²) in [7, 11) is 2.07. The first-order chi connectivity index (χ1) is 7.20. The molecule has 0 amide bonds. The number of hydrogen-bond acceptors (Lipinski definition) is 2. The van der Waals surface area contributed by atoms with Gasteiger partial charge in [0.05, 0.1) is 12.2 Å². The lowest BCUT2D eigenvalue weighted by molar-refractivity contribution is -0.153. The summed E-state index contributed by atoms with van der Waals surface area (Å²) < 4.78 is 6.25. The molecular weight excluding hydrogens is 186 g/mol. The van der Waals surface area contributed by atoms with Crippen LogP contribution >= 0.6 is 0 Å². The third-order valence-corrected chi connectivity index (χ3v) is 4.75. The SMILES string of the molecule is CCC1(C)C(NC)CC1OC1CCCC1. The quantitative estimate of drug-likeness (QED) is 0.772. The Bertz CT molecular complexity index is 213. The second-order valence-corrected chi connectivity index (χ2v) is 5.47. The van der Waals surface area contributed by atoms with Crippen LogP contribution in [-0.2, 0) is 4.74 Å². The fourth-order valence-electron chi connectivity index (χ4n) is 3.21. The molecule has 2 aliphatic rings. The molecule has 15 heavy (non-hydrogen) atoms. The Morgan fingerprint density at radius 3 is 2.53 bits per heavy atom. The normalized spacial score (nSPS) is 41.8. The Balaban J connectivity index is 1.88. The van der Waals surface area contributed by atoms with Crippen molar-refractivity contribution in [2.45, 2.75) is 70.6 Å². The molecule has 2 aliphatic carbocycles. The van der Waals surface area contributed by atoms with Crippen LogP contribution in [-0.4, -0.2) is 25.3 Å². The van der Waals surface area contributed by atoms with E-state index >= 15 is 0 Å². The Hall–Kier alpha value is -0.0800. The molecule has 0 aliphatic heterocycles. The second-order valence-electron chi connectivity index (χ2n) is 5.47. The van der Waals surface area contributed by atoms with Gasteiger partial charge in [-0.15, -0.1) is 0 Å². The zero-order chi connectivity index (χ0) is 10.9. The molecule has 0 aromatic rings. The van der Waals surface area contributed by atoms with Gasteiger partial charge in [-0.05, 0) is 32.7 Å². The van der Waals surface area contributed by atoms with Crippen LogP contribution in [0, 0.1) is 5.41 Å². The minimum Gasteiger partial charge on any atom is -0.374 e. The van der Waals surface area contributed by atoms with Gasteiger partial charge in [0.25, 0.3) is 0 Å². The van der Waals surface area contributed by atoms with E-state index in [-0.39, 0.29) is 0 Å². The molecule has 0 heterocycles. The van der Waals surface area contributed by atoms with E-state index in [1.165, 1.54) is 38.5 Å². The monoisotopic (exact) mass is 211 g/mol. The molecule has 2 heteroatoms. The lowest BCUT2D eigenvalue weighted by Gasteiger charge is -2.54. The topological polar surface area (TPSA) is 21.3 Å². The highest BCUT2D eigenvalue weighted by Crippen LogP contribution is 2.47. The minimum atomic E-state index is 0.372. The van der Waals surface area contributed by atoms with Gasteiger partial charge in [0, 0.05) is 11.5 Å². The van der Waals surface area contributed by atoms with Crippen LogP contribution in [0.3, 0.4) is 0 Å². The summed E-state index contributed by atoms with van der Waals surface area (Å²) in [6.07, 6.45) is 8.82. The predicted molar refractivity (Wildman–Crippen MR) is 63.0 cm³/mol. The van der Waals surface area contributed by atoms with Gasteiger partial charge < -0.3 is 10.1 Å². The lowest BCUT2D eigenvalue weighted by Crippen LogP contribution is -2.61. The van der Waals surface area contributed by atoms with Crippen molar-refractivity contribution in [3.8, 4) is 0 Å². The van der Waals surface area contributed by atoms with Crippen LogP contribution in [0.5, 0.6) is 0 Å². The molecule has 0 spiro atoms. The van der Waals surface area contributed by atoms with Crippen LogP contribution in [0.2, 0.25) is 0 Å². The summed E-state index contributed by atoms with van der Waals surface area (Å²) in [5, 5.41) is 3.42. The summed E-state index contributed by atoms with van der Waals surface area (Å²) in [6.45, 7) is 4.66. The Labute approximate surface area is 93.8 Å². The highest BCUT2D eigenvalue weighted by atomic mass is 16.5. The number of hydrogen-bond donors (Lipinski definition) is 1. The fraction of sp³-hybridized carbons (Fsp3) is 1.00. The first kappa shape index (κ1) is 11.4. The molecule has 0 aromatic carbocycles. The van der Waals surface area contributed by atoms with E-state index < -0.39 is 0 Å². The Kier molecular flexibility index (Phi) is 3.36. The van der Waals surface area contributed by atoms with Crippen molar-refractivity contribution in [3.05, 3.63) is 0 Å². The van der Waals surface area contributed by atoms with Crippen molar-refractivity contribution in [3.63, 3.8) is 0 Å². The maximum Gasteiger partial charge on any atom is 0.0662 e. The molecule has 2 saturated carbocycles. The molecule has 1 N–H and O–H groups in total. The van der Waals surface area contributed by atoms with Crippen molar-refractivity contribution in [1.82, 2.24) is 5.32 Å². The highest BCUT2D eigenvalue weighted by Gasteiger charge is 2.51. The average molecular weight is 211 g/mol. The van der Waals surface area contributed by atoms with E-state index in [1.807, 2.05) is 0 Å². The number of ether oxygens (including phenoxy) is 1. The van der Waals surface area contributed by atoms with Gasteiger partial charge in [-0.25, -0.2) is 0 Å². The molecule has 0 bridgehead atoms. The van der Waals surface area contributed by atoms with Gasteiger partial charge in [0.2, 0.25) is 0 Å². The minimum absolute atomic E-state index is 0.372. The van der Waals surface area contributed by atoms with Gasteiger partial charge in [-0.3, -0.25) is 0 Å². The van der Waals surface area contributed by atoms with Crippen LogP contribution in [0.1, 0.15) is 52.4 Å². The molecule has 0 radical (unpaired) electrons. The summed E-state index contributed by atoms with van der Waals surface area (Å²) in [5.41, 5.74) is 0.372. The first-order valence-corrected chi connectivity index (χ1v) is 6.53.